The maximum absolute atomic E-state index is 11.3. The fraction of sp³-hybridized carbons (Fsp3) is 0.778. The summed E-state index contributed by atoms with van der Waals surface area (Å²) in [5.74, 6) is 0.753. The molecular weight excluding hydrogens is 186 g/mol. The lowest BCUT2D eigenvalue weighted by atomic mass is 10.2. The topological polar surface area (TPSA) is 37.4 Å². The fourth-order valence-electron chi connectivity index (χ4n) is 0.923. The Morgan fingerprint density at radius 2 is 1.92 bits per heavy atom. The van der Waals surface area contributed by atoms with Crippen molar-refractivity contribution >= 4 is 22.8 Å². The van der Waals surface area contributed by atoms with E-state index in [1.165, 1.54) is 6.92 Å². The number of amides is 1. The smallest absolute Gasteiger partial charge is 0.232 e. The van der Waals surface area contributed by atoms with Crippen molar-refractivity contribution in [2.75, 3.05) is 19.3 Å². The summed E-state index contributed by atoms with van der Waals surface area (Å²) in [6.45, 7) is 6.33. The summed E-state index contributed by atoms with van der Waals surface area (Å²) in [7, 11) is 1.77. The maximum Gasteiger partial charge on any atom is 0.232 e. The van der Waals surface area contributed by atoms with Crippen molar-refractivity contribution in [2.24, 2.45) is 5.92 Å². The molecule has 0 saturated carbocycles. The molecule has 0 aromatic carbocycles. The molecule has 4 heteroatoms. The fourth-order valence-corrected chi connectivity index (χ4v) is 1.47. The number of carbonyl (C=O) groups is 2. The van der Waals surface area contributed by atoms with Crippen LogP contribution in [0.5, 0.6) is 0 Å². The van der Waals surface area contributed by atoms with Crippen molar-refractivity contribution < 1.29 is 9.59 Å². The van der Waals surface area contributed by atoms with E-state index >= 15 is 0 Å². The summed E-state index contributed by atoms with van der Waals surface area (Å²) >= 11 is 1.06. The third kappa shape index (κ3) is 6.63. The zero-order valence-corrected chi connectivity index (χ0v) is 9.48. The molecule has 1 amide bonds. The van der Waals surface area contributed by atoms with E-state index in [0.717, 1.165) is 18.3 Å². The lowest BCUT2D eigenvalue weighted by molar-refractivity contribution is -0.127. The molecule has 3 nitrogen and oxygen atoms in total. The van der Waals surface area contributed by atoms with Crippen LogP contribution in [0.1, 0.15) is 20.8 Å². The highest BCUT2D eigenvalue weighted by atomic mass is 32.2. The third-order valence-electron chi connectivity index (χ3n) is 1.46. The molecular formula is C9H17NO2S. The quantitative estimate of drug-likeness (QED) is 0.692. The largest absolute Gasteiger partial charge is 0.345 e. The number of carbonyl (C=O) groups excluding carboxylic acids is 2. The van der Waals surface area contributed by atoms with Crippen molar-refractivity contribution in [3.05, 3.63) is 0 Å². The first-order chi connectivity index (χ1) is 5.93. The summed E-state index contributed by atoms with van der Waals surface area (Å²) < 4.78 is 0. The van der Waals surface area contributed by atoms with Gasteiger partial charge >= 0.3 is 0 Å². The summed E-state index contributed by atoms with van der Waals surface area (Å²) in [6.07, 6.45) is 0. The van der Waals surface area contributed by atoms with Gasteiger partial charge in [0.1, 0.15) is 0 Å². The van der Waals surface area contributed by atoms with Crippen LogP contribution in [0.4, 0.5) is 0 Å². The molecule has 0 aliphatic rings. The van der Waals surface area contributed by atoms with Crippen LogP contribution in [-0.2, 0) is 9.59 Å². The second-order valence-electron chi connectivity index (χ2n) is 3.45. The molecule has 0 rings (SSSR count). The van der Waals surface area contributed by atoms with Gasteiger partial charge in [0.2, 0.25) is 5.91 Å². The van der Waals surface area contributed by atoms with Gasteiger partial charge in [0.25, 0.3) is 0 Å². The highest BCUT2D eigenvalue weighted by molar-refractivity contribution is 8.14. The molecule has 0 unspecified atom stereocenters. The Balaban J connectivity index is 3.76. The zero-order valence-electron chi connectivity index (χ0n) is 8.66. The van der Waals surface area contributed by atoms with Crippen molar-refractivity contribution in [1.29, 1.82) is 0 Å². The second kappa shape index (κ2) is 6.02. The van der Waals surface area contributed by atoms with Gasteiger partial charge in [-0.15, -0.1) is 0 Å². The highest BCUT2D eigenvalue weighted by Crippen LogP contribution is 2.04. The van der Waals surface area contributed by atoms with E-state index in [1.807, 2.05) is 0 Å². The normalized spacial score (nSPS) is 10.2. The number of rotatable bonds is 4. The minimum Gasteiger partial charge on any atom is -0.345 e. The first-order valence-electron chi connectivity index (χ1n) is 4.30. The predicted molar refractivity (Wildman–Crippen MR) is 55.6 cm³/mol. The van der Waals surface area contributed by atoms with Crippen LogP contribution in [-0.4, -0.2) is 35.3 Å². The molecule has 0 radical (unpaired) electrons. The number of nitrogens with zero attached hydrogens (tertiary/aromatic N) is 1. The Morgan fingerprint density at radius 1 is 1.38 bits per heavy atom. The molecule has 0 N–H and O–H groups in total. The first kappa shape index (κ1) is 12.5. The van der Waals surface area contributed by atoms with E-state index < -0.39 is 0 Å². The standard InChI is InChI=1S/C9H17NO2S/c1-7(2)5-10(4)9(12)6-13-8(3)11/h7H,5-6H2,1-4H3. The SMILES string of the molecule is CC(=O)SCC(=O)N(C)CC(C)C. The first-order valence-corrected chi connectivity index (χ1v) is 5.29. The van der Waals surface area contributed by atoms with Crippen molar-refractivity contribution in [1.82, 2.24) is 4.90 Å². The summed E-state index contributed by atoms with van der Waals surface area (Å²) in [5.41, 5.74) is 0. The van der Waals surface area contributed by atoms with Gasteiger partial charge in [0.05, 0.1) is 5.75 Å². The minimum absolute atomic E-state index is 0.00806. The van der Waals surface area contributed by atoms with Gasteiger partial charge in [0.15, 0.2) is 5.12 Å². The average Bonchev–Trinajstić information content (AvgIpc) is 1.98. The molecule has 0 fully saturated rings. The maximum atomic E-state index is 11.3. The van der Waals surface area contributed by atoms with Crippen LogP contribution in [0.15, 0.2) is 0 Å². The van der Waals surface area contributed by atoms with E-state index in [4.69, 9.17) is 0 Å². The van der Waals surface area contributed by atoms with Gasteiger partial charge in [-0.1, -0.05) is 25.6 Å². The minimum atomic E-state index is -0.00806. The average molecular weight is 203 g/mol. The summed E-state index contributed by atoms with van der Waals surface area (Å²) in [6, 6.07) is 0. The van der Waals surface area contributed by atoms with E-state index in [9.17, 15) is 9.59 Å². The van der Waals surface area contributed by atoms with E-state index in [2.05, 4.69) is 13.8 Å². The third-order valence-corrected chi connectivity index (χ3v) is 2.26. The molecule has 76 valence electrons. The van der Waals surface area contributed by atoms with Crippen LogP contribution >= 0.6 is 11.8 Å². The predicted octanol–water partition coefficient (Wildman–Crippen LogP) is 1.38. The lowest BCUT2D eigenvalue weighted by Crippen LogP contribution is -2.31. The van der Waals surface area contributed by atoms with Crippen molar-refractivity contribution in [2.45, 2.75) is 20.8 Å². The Morgan fingerprint density at radius 3 is 2.31 bits per heavy atom. The van der Waals surface area contributed by atoms with Crippen LogP contribution in [0.25, 0.3) is 0 Å². The number of hydrogen-bond donors (Lipinski definition) is 0. The number of hydrogen-bond acceptors (Lipinski definition) is 3. The van der Waals surface area contributed by atoms with Gasteiger partial charge in [-0.05, 0) is 5.92 Å². The lowest BCUT2D eigenvalue weighted by Gasteiger charge is -2.18. The summed E-state index contributed by atoms with van der Waals surface area (Å²) in [4.78, 5) is 23.6. The molecule has 0 aromatic heterocycles. The van der Waals surface area contributed by atoms with Crippen molar-refractivity contribution in [3.8, 4) is 0 Å². The molecule has 0 saturated heterocycles. The molecule has 0 heterocycles. The molecule has 0 spiro atoms. The van der Waals surface area contributed by atoms with Gasteiger partial charge in [-0.3, -0.25) is 9.59 Å². The Bertz CT molecular complexity index is 192. The molecule has 13 heavy (non-hydrogen) atoms. The van der Waals surface area contributed by atoms with Gasteiger partial charge in [0, 0.05) is 20.5 Å². The van der Waals surface area contributed by atoms with E-state index in [-0.39, 0.29) is 16.8 Å². The molecule has 0 aliphatic carbocycles. The number of thioether (sulfide) groups is 1. The van der Waals surface area contributed by atoms with Gasteiger partial charge < -0.3 is 4.90 Å². The molecule has 0 aromatic rings. The van der Waals surface area contributed by atoms with Crippen LogP contribution in [0.3, 0.4) is 0 Å². The molecule has 0 atom stereocenters. The van der Waals surface area contributed by atoms with Crippen LogP contribution < -0.4 is 0 Å². The highest BCUT2D eigenvalue weighted by Gasteiger charge is 2.10. The zero-order chi connectivity index (χ0) is 10.4. The molecule has 0 aliphatic heterocycles. The Kier molecular flexibility index (Phi) is 5.79. The monoisotopic (exact) mass is 203 g/mol. The van der Waals surface area contributed by atoms with E-state index in [0.29, 0.717) is 5.92 Å². The Hall–Kier alpha value is -0.510. The van der Waals surface area contributed by atoms with Crippen LogP contribution in [0, 0.1) is 5.92 Å². The molecule has 0 bridgehead atoms. The van der Waals surface area contributed by atoms with E-state index in [1.54, 1.807) is 11.9 Å². The Labute approximate surface area is 83.9 Å². The summed E-state index contributed by atoms with van der Waals surface area (Å²) in [5, 5.41) is -0.00806. The van der Waals surface area contributed by atoms with Gasteiger partial charge in [-0.2, -0.15) is 0 Å². The van der Waals surface area contributed by atoms with Crippen molar-refractivity contribution in [3.63, 3.8) is 0 Å². The van der Waals surface area contributed by atoms with Crippen LogP contribution in [0.2, 0.25) is 0 Å². The van der Waals surface area contributed by atoms with Gasteiger partial charge in [-0.25, -0.2) is 0 Å². The second-order valence-corrected chi connectivity index (χ2v) is 4.60.